The van der Waals surface area contributed by atoms with Crippen LogP contribution in [0.15, 0.2) is 60.7 Å². The minimum Gasteiger partial charge on any atom is -0.382 e. The number of urea groups is 1. The van der Waals surface area contributed by atoms with Crippen molar-refractivity contribution in [3.63, 3.8) is 0 Å². The molecule has 0 spiro atoms. The van der Waals surface area contributed by atoms with E-state index in [4.69, 9.17) is 33.9 Å². The van der Waals surface area contributed by atoms with Crippen LogP contribution in [0.2, 0.25) is 10.2 Å². The van der Waals surface area contributed by atoms with Gasteiger partial charge in [-0.15, -0.1) is 0 Å². The predicted molar refractivity (Wildman–Crippen MR) is 148 cm³/mol. The van der Waals surface area contributed by atoms with E-state index in [-0.39, 0.29) is 17.1 Å². The average molecular weight is 552 g/mol. The first-order valence-corrected chi connectivity index (χ1v) is 12.6. The Balaban J connectivity index is 1.40. The number of rotatable bonds is 7. The van der Waals surface area contributed by atoms with E-state index in [0.717, 1.165) is 22.0 Å². The number of aryl methyl sites for hydroxylation is 1. The van der Waals surface area contributed by atoms with E-state index in [1.807, 2.05) is 48.5 Å². The van der Waals surface area contributed by atoms with Gasteiger partial charge < -0.3 is 21.4 Å². The van der Waals surface area contributed by atoms with Crippen LogP contribution >= 0.6 is 23.2 Å². The number of anilines is 1. The lowest BCUT2D eigenvalue weighted by Crippen LogP contribution is -2.39. The van der Waals surface area contributed by atoms with Crippen molar-refractivity contribution in [2.75, 3.05) is 5.73 Å². The number of aromatic nitrogens is 4. The molecule has 1 unspecified atom stereocenters. The summed E-state index contributed by atoms with van der Waals surface area (Å²) in [5.74, 6) is 0.426. The third kappa shape index (κ3) is 5.29. The number of fused-ring (bicyclic) bond motifs is 1. The van der Waals surface area contributed by atoms with Gasteiger partial charge in [0.25, 0.3) is 0 Å². The number of halogens is 3. The molecule has 11 heteroatoms. The lowest BCUT2D eigenvalue weighted by atomic mass is 10.1. The predicted octanol–water partition coefficient (Wildman–Crippen LogP) is 6.07. The second-order valence-corrected chi connectivity index (χ2v) is 9.67. The standard InChI is InChI=1S/C27H24Cl2FN7O/c1-14-7-10-19(28)18(22(14)30)13-32-27(38)33-21(11-15-5-3-2-4-6-15)26-34-23(24(29)35-26)16-8-9-17-20(12-16)36-37-25(17)31/h2-10,12,21H,11,13H2,1H3,(H,34,35)(H3,31,36,37)(H2,32,33,38). The van der Waals surface area contributed by atoms with Gasteiger partial charge in [0.2, 0.25) is 0 Å². The Labute approximate surface area is 227 Å². The molecule has 194 valence electrons. The smallest absolute Gasteiger partial charge is 0.315 e. The Morgan fingerprint density at radius 1 is 1.13 bits per heavy atom. The van der Waals surface area contributed by atoms with Gasteiger partial charge in [0.1, 0.15) is 22.5 Å². The number of nitrogens with zero attached hydrogens (tertiary/aromatic N) is 2. The van der Waals surface area contributed by atoms with Crippen molar-refractivity contribution in [3.8, 4) is 11.3 Å². The van der Waals surface area contributed by atoms with Crippen molar-refractivity contribution in [3.05, 3.63) is 99.2 Å². The zero-order valence-corrected chi connectivity index (χ0v) is 21.8. The van der Waals surface area contributed by atoms with Gasteiger partial charge in [0.15, 0.2) is 5.82 Å². The Morgan fingerprint density at radius 2 is 1.92 bits per heavy atom. The lowest BCUT2D eigenvalue weighted by molar-refractivity contribution is 0.236. The molecule has 6 N–H and O–H groups in total. The number of H-pyrrole nitrogens is 2. The molecule has 0 aliphatic carbocycles. The molecule has 0 bridgehead atoms. The van der Waals surface area contributed by atoms with Crippen LogP contribution in [0.3, 0.4) is 0 Å². The molecule has 0 saturated heterocycles. The molecule has 0 radical (unpaired) electrons. The average Bonchev–Trinajstić information content (AvgIpc) is 3.48. The number of imidazole rings is 1. The summed E-state index contributed by atoms with van der Waals surface area (Å²) in [6, 6.07) is 17.3. The van der Waals surface area contributed by atoms with Crippen molar-refractivity contribution in [1.82, 2.24) is 30.8 Å². The number of carbonyl (C=O) groups is 1. The van der Waals surface area contributed by atoms with Gasteiger partial charge in [0.05, 0.1) is 11.6 Å². The van der Waals surface area contributed by atoms with Gasteiger partial charge in [-0.25, -0.2) is 14.2 Å². The summed E-state index contributed by atoms with van der Waals surface area (Å²) in [7, 11) is 0. The fourth-order valence-electron chi connectivity index (χ4n) is 4.23. The van der Waals surface area contributed by atoms with Gasteiger partial charge >= 0.3 is 6.03 Å². The largest absolute Gasteiger partial charge is 0.382 e. The van der Waals surface area contributed by atoms with Gasteiger partial charge in [0, 0.05) is 28.1 Å². The molecule has 0 fully saturated rings. The fraction of sp³-hybridized carbons (Fsp3) is 0.148. The minimum atomic E-state index is -0.562. The second-order valence-electron chi connectivity index (χ2n) is 8.88. The molecule has 38 heavy (non-hydrogen) atoms. The van der Waals surface area contributed by atoms with Crippen molar-refractivity contribution >= 4 is 46.0 Å². The van der Waals surface area contributed by atoms with Crippen LogP contribution in [-0.2, 0) is 13.0 Å². The number of carbonyl (C=O) groups excluding carboxylic acids is 1. The van der Waals surface area contributed by atoms with Crippen LogP contribution in [0.1, 0.15) is 28.6 Å². The molecule has 1 atom stereocenters. The van der Waals surface area contributed by atoms with Gasteiger partial charge in [-0.1, -0.05) is 65.7 Å². The maximum atomic E-state index is 14.5. The van der Waals surface area contributed by atoms with E-state index in [2.05, 4.69) is 25.8 Å². The Hall–Kier alpha value is -4.08. The highest BCUT2D eigenvalue weighted by Crippen LogP contribution is 2.31. The topological polar surface area (TPSA) is 125 Å². The summed E-state index contributed by atoms with van der Waals surface area (Å²) < 4.78 is 14.5. The molecule has 8 nitrogen and oxygen atoms in total. The second kappa shape index (κ2) is 10.7. The quantitative estimate of drug-likeness (QED) is 0.168. The van der Waals surface area contributed by atoms with E-state index in [0.29, 0.717) is 34.5 Å². The summed E-state index contributed by atoms with van der Waals surface area (Å²) in [4.78, 5) is 20.7. The normalized spacial score (nSPS) is 12.0. The minimum absolute atomic E-state index is 0.0757. The molecular weight excluding hydrogens is 528 g/mol. The van der Waals surface area contributed by atoms with E-state index in [1.54, 1.807) is 19.1 Å². The maximum Gasteiger partial charge on any atom is 0.315 e. The first kappa shape index (κ1) is 25.6. The molecule has 0 aliphatic heterocycles. The number of hydrogen-bond donors (Lipinski definition) is 5. The molecule has 0 aliphatic rings. The molecule has 5 rings (SSSR count). The van der Waals surface area contributed by atoms with Crippen molar-refractivity contribution in [2.45, 2.75) is 25.9 Å². The third-order valence-corrected chi connectivity index (χ3v) is 6.89. The van der Waals surface area contributed by atoms with E-state index >= 15 is 0 Å². The summed E-state index contributed by atoms with van der Waals surface area (Å²) in [6.07, 6.45) is 0.438. The SMILES string of the molecule is Cc1ccc(Cl)c(CNC(=O)NC(Cc2ccccc2)c2nc(-c3ccc4c(N)n[nH]c4c3)c(Cl)[nH]2)c1F. The van der Waals surface area contributed by atoms with Crippen LogP contribution in [0.5, 0.6) is 0 Å². The molecular formula is C27H24Cl2FN7O. The molecule has 2 aromatic heterocycles. The number of hydrogen-bond acceptors (Lipinski definition) is 4. The highest BCUT2D eigenvalue weighted by atomic mass is 35.5. The summed E-state index contributed by atoms with van der Waals surface area (Å²) in [5, 5.41) is 13.9. The molecule has 2 amide bonds. The highest BCUT2D eigenvalue weighted by Gasteiger charge is 2.22. The number of nitrogen functional groups attached to an aromatic ring is 1. The first-order chi connectivity index (χ1) is 18.3. The van der Waals surface area contributed by atoms with Crippen molar-refractivity contribution < 1.29 is 9.18 Å². The molecule has 5 aromatic rings. The van der Waals surface area contributed by atoms with Crippen molar-refractivity contribution in [2.24, 2.45) is 0 Å². The summed E-state index contributed by atoms with van der Waals surface area (Å²) >= 11 is 12.7. The van der Waals surface area contributed by atoms with E-state index in [1.165, 1.54) is 0 Å². The van der Waals surface area contributed by atoms with Crippen LogP contribution in [0.25, 0.3) is 22.2 Å². The van der Waals surface area contributed by atoms with Crippen LogP contribution < -0.4 is 16.4 Å². The zero-order valence-electron chi connectivity index (χ0n) is 20.3. The van der Waals surface area contributed by atoms with Crippen LogP contribution in [0, 0.1) is 12.7 Å². The number of nitrogens with two attached hydrogens (primary N) is 1. The molecule has 2 heterocycles. The monoisotopic (exact) mass is 551 g/mol. The van der Waals surface area contributed by atoms with Crippen LogP contribution in [-0.4, -0.2) is 26.2 Å². The maximum absolute atomic E-state index is 14.5. The first-order valence-electron chi connectivity index (χ1n) is 11.8. The number of benzene rings is 3. The highest BCUT2D eigenvalue weighted by molar-refractivity contribution is 6.32. The number of aromatic amines is 2. The molecule has 3 aromatic carbocycles. The van der Waals surface area contributed by atoms with E-state index in [9.17, 15) is 9.18 Å². The third-order valence-electron chi connectivity index (χ3n) is 6.27. The van der Waals surface area contributed by atoms with Gasteiger partial charge in [-0.3, -0.25) is 5.10 Å². The number of amides is 2. The zero-order chi connectivity index (χ0) is 26.8. The van der Waals surface area contributed by atoms with E-state index < -0.39 is 17.9 Å². The van der Waals surface area contributed by atoms with Gasteiger partial charge in [-0.05, 0) is 42.7 Å². The fourth-order valence-corrected chi connectivity index (χ4v) is 4.70. The van der Waals surface area contributed by atoms with Crippen molar-refractivity contribution in [1.29, 1.82) is 0 Å². The summed E-state index contributed by atoms with van der Waals surface area (Å²) in [5.41, 5.74) is 9.55. The Morgan fingerprint density at radius 3 is 2.71 bits per heavy atom. The Kier molecular flexibility index (Phi) is 7.22. The van der Waals surface area contributed by atoms with Gasteiger partial charge in [-0.2, -0.15) is 5.10 Å². The number of nitrogens with one attached hydrogen (secondary N) is 4. The van der Waals surface area contributed by atoms with Crippen LogP contribution in [0.4, 0.5) is 15.0 Å². The summed E-state index contributed by atoms with van der Waals surface area (Å²) in [6.45, 7) is 1.57. The lowest BCUT2D eigenvalue weighted by Gasteiger charge is -2.18. The molecule has 0 saturated carbocycles. The Bertz CT molecular complexity index is 1620.